The maximum Gasteiger partial charge on any atom is 0.494 e. The van der Waals surface area contributed by atoms with Crippen molar-refractivity contribution in [3.8, 4) is 45.2 Å². The van der Waals surface area contributed by atoms with Gasteiger partial charge in [0, 0.05) is 28.5 Å². The van der Waals surface area contributed by atoms with E-state index < -0.39 is 7.12 Å². The molecular formula is C41H46BN3O2. The van der Waals surface area contributed by atoms with Crippen molar-refractivity contribution in [3.05, 3.63) is 108 Å². The molecular weight excluding hydrogens is 577 g/mol. The molecule has 0 N–H and O–H groups in total. The molecule has 3 aromatic carbocycles. The number of aromatic nitrogens is 3. The molecule has 47 heavy (non-hydrogen) atoms. The van der Waals surface area contributed by atoms with Gasteiger partial charge in [0.15, 0.2) is 5.82 Å². The van der Waals surface area contributed by atoms with E-state index in [2.05, 4.69) is 154 Å². The third-order valence-corrected chi connectivity index (χ3v) is 9.57. The molecule has 3 heterocycles. The first-order valence-corrected chi connectivity index (χ1v) is 16.5. The highest BCUT2D eigenvalue weighted by Crippen LogP contribution is 2.37. The van der Waals surface area contributed by atoms with Crippen LogP contribution in [-0.4, -0.2) is 33.3 Å². The third-order valence-electron chi connectivity index (χ3n) is 9.57. The van der Waals surface area contributed by atoms with Gasteiger partial charge in [-0.25, -0.2) is 9.97 Å². The van der Waals surface area contributed by atoms with Crippen LogP contribution >= 0.6 is 0 Å². The molecule has 0 atom stereocenters. The fraction of sp³-hybridized carbons (Fsp3) is 0.341. The molecule has 5 aromatic rings. The van der Waals surface area contributed by atoms with Gasteiger partial charge in [-0.1, -0.05) is 114 Å². The van der Waals surface area contributed by atoms with Crippen LogP contribution in [0.15, 0.2) is 97.2 Å². The zero-order chi connectivity index (χ0) is 33.8. The Morgan fingerprint density at radius 3 is 1.32 bits per heavy atom. The Morgan fingerprint density at radius 2 is 0.915 bits per heavy atom. The van der Waals surface area contributed by atoms with Gasteiger partial charge in [-0.2, -0.15) is 0 Å². The van der Waals surface area contributed by atoms with Crippen LogP contribution in [0.25, 0.3) is 45.2 Å². The van der Waals surface area contributed by atoms with Crippen LogP contribution in [0.2, 0.25) is 0 Å². The van der Waals surface area contributed by atoms with Crippen molar-refractivity contribution in [2.24, 2.45) is 0 Å². The Labute approximate surface area is 281 Å². The lowest BCUT2D eigenvalue weighted by Gasteiger charge is -2.32. The number of hydrogen-bond donors (Lipinski definition) is 0. The van der Waals surface area contributed by atoms with Crippen LogP contribution in [0.1, 0.15) is 80.4 Å². The summed E-state index contributed by atoms with van der Waals surface area (Å²) in [5.41, 5.74) is 9.61. The lowest BCUT2D eigenvalue weighted by Crippen LogP contribution is -2.41. The summed E-state index contributed by atoms with van der Waals surface area (Å²) in [6.45, 7) is 21.7. The Bertz CT molecular complexity index is 1770. The van der Waals surface area contributed by atoms with Gasteiger partial charge in [0.1, 0.15) is 0 Å². The summed E-state index contributed by atoms with van der Waals surface area (Å²) in [5.74, 6) is 0.646. The van der Waals surface area contributed by atoms with E-state index in [4.69, 9.17) is 24.3 Å². The summed E-state index contributed by atoms with van der Waals surface area (Å²) in [6, 6.07) is 31.9. The van der Waals surface area contributed by atoms with Gasteiger partial charge in [-0.05, 0) is 73.3 Å². The minimum absolute atomic E-state index is 0.0783. The van der Waals surface area contributed by atoms with Crippen LogP contribution < -0.4 is 5.46 Å². The number of nitrogens with zero attached hydrogens (tertiary/aromatic N) is 3. The average Bonchev–Trinajstić information content (AvgIpc) is 3.26. The molecule has 2 aromatic heterocycles. The molecule has 0 amide bonds. The monoisotopic (exact) mass is 623 g/mol. The zero-order valence-electron chi connectivity index (χ0n) is 29.5. The number of hydrogen-bond acceptors (Lipinski definition) is 5. The number of pyridine rings is 1. The maximum atomic E-state index is 6.23. The summed E-state index contributed by atoms with van der Waals surface area (Å²) >= 11 is 0. The van der Waals surface area contributed by atoms with Crippen molar-refractivity contribution in [2.45, 2.75) is 91.3 Å². The van der Waals surface area contributed by atoms with Gasteiger partial charge >= 0.3 is 7.12 Å². The maximum absolute atomic E-state index is 6.23. The molecule has 1 fully saturated rings. The summed E-state index contributed by atoms with van der Waals surface area (Å²) in [6.07, 6.45) is 1.87. The zero-order valence-corrected chi connectivity index (χ0v) is 29.5. The quantitative estimate of drug-likeness (QED) is 0.183. The summed E-state index contributed by atoms with van der Waals surface area (Å²) in [5, 5.41) is 0. The van der Waals surface area contributed by atoms with Crippen molar-refractivity contribution >= 4 is 12.6 Å². The fourth-order valence-corrected chi connectivity index (χ4v) is 5.64. The number of benzene rings is 3. The van der Waals surface area contributed by atoms with Crippen molar-refractivity contribution < 1.29 is 9.31 Å². The first kappa shape index (κ1) is 32.8. The summed E-state index contributed by atoms with van der Waals surface area (Å²) in [4.78, 5) is 14.9. The molecule has 1 aliphatic heterocycles. The normalized spacial score (nSPS) is 16.0. The third kappa shape index (κ3) is 6.81. The summed E-state index contributed by atoms with van der Waals surface area (Å²) in [7, 11) is -0.391. The predicted octanol–water partition coefficient (Wildman–Crippen LogP) is 9.43. The predicted molar refractivity (Wildman–Crippen MR) is 195 cm³/mol. The van der Waals surface area contributed by atoms with Crippen molar-refractivity contribution in [1.29, 1.82) is 0 Å². The molecule has 0 spiro atoms. The minimum Gasteiger partial charge on any atom is -0.399 e. The van der Waals surface area contributed by atoms with Crippen LogP contribution in [0.5, 0.6) is 0 Å². The average molecular weight is 624 g/mol. The molecule has 6 heteroatoms. The summed E-state index contributed by atoms with van der Waals surface area (Å²) < 4.78 is 12.5. The molecule has 0 unspecified atom stereocenters. The van der Waals surface area contributed by atoms with E-state index in [1.165, 1.54) is 11.1 Å². The second-order valence-electron chi connectivity index (χ2n) is 15.8. The van der Waals surface area contributed by atoms with Gasteiger partial charge in [0.05, 0.1) is 28.3 Å². The highest BCUT2D eigenvalue weighted by molar-refractivity contribution is 6.62. The van der Waals surface area contributed by atoms with E-state index >= 15 is 0 Å². The molecule has 0 saturated carbocycles. The van der Waals surface area contributed by atoms with Crippen LogP contribution in [0, 0.1) is 0 Å². The molecule has 5 nitrogen and oxygen atoms in total. The Morgan fingerprint density at radius 1 is 0.511 bits per heavy atom. The van der Waals surface area contributed by atoms with Crippen LogP contribution in [-0.2, 0) is 20.1 Å². The first-order valence-electron chi connectivity index (χ1n) is 16.5. The van der Waals surface area contributed by atoms with Crippen LogP contribution in [0.4, 0.5) is 0 Å². The van der Waals surface area contributed by atoms with Crippen molar-refractivity contribution in [3.63, 3.8) is 0 Å². The van der Waals surface area contributed by atoms with E-state index in [1.807, 2.05) is 12.3 Å². The van der Waals surface area contributed by atoms with Crippen LogP contribution in [0.3, 0.4) is 0 Å². The lowest BCUT2D eigenvalue weighted by atomic mass is 9.79. The van der Waals surface area contributed by atoms with E-state index in [0.29, 0.717) is 5.82 Å². The van der Waals surface area contributed by atoms with E-state index in [9.17, 15) is 0 Å². The smallest absolute Gasteiger partial charge is 0.399 e. The molecule has 0 aliphatic carbocycles. The SMILES string of the molecule is CC(C)(C)c1ccc(-c2cc(-c3ccc(C(C)(C)C)cc3)nc(-c3ccc(-c4ccc(B5OC(C)(C)C(C)(C)O5)cc4)nc3)n2)cc1. The molecule has 1 saturated heterocycles. The topological polar surface area (TPSA) is 57.1 Å². The standard InChI is InChI=1S/C41H46BN3O2/c1-38(2,3)31-18-11-28(12-19-31)35-25-36(29-13-20-32(21-14-29)39(4,5)6)45-37(44-35)30-17-24-34(43-26-30)27-15-22-33(23-16-27)42-46-40(7,8)41(9,10)47-42/h11-26H,1-10H3. The second-order valence-corrected chi connectivity index (χ2v) is 15.8. The van der Waals surface area contributed by atoms with E-state index in [-0.39, 0.29) is 22.0 Å². The molecule has 240 valence electrons. The van der Waals surface area contributed by atoms with E-state index in [1.54, 1.807) is 0 Å². The van der Waals surface area contributed by atoms with Gasteiger partial charge in [0.25, 0.3) is 0 Å². The Balaban J connectivity index is 1.32. The Kier molecular flexibility index (Phi) is 8.26. The fourth-order valence-electron chi connectivity index (χ4n) is 5.64. The van der Waals surface area contributed by atoms with Gasteiger partial charge < -0.3 is 9.31 Å². The largest absolute Gasteiger partial charge is 0.494 e. The number of rotatable bonds is 5. The highest BCUT2D eigenvalue weighted by atomic mass is 16.7. The minimum atomic E-state index is -0.391. The molecule has 0 radical (unpaired) electrons. The van der Waals surface area contributed by atoms with Gasteiger partial charge in [0.2, 0.25) is 0 Å². The highest BCUT2D eigenvalue weighted by Gasteiger charge is 2.51. The molecule has 6 rings (SSSR count). The van der Waals surface area contributed by atoms with Gasteiger partial charge in [-0.3, -0.25) is 4.98 Å². The van der Waals surface area contributed by atoms with Crippen molar-refractivity contribution in [2.75, 3.05) is 0 Å². The van der Waals surface area contributed by atoms with E-state index in [0.717, 1.165) is 44.8 Å². The van der Waals surface area contributed by atoms with Gasteiger partial charge in [-0.15, -0.1) is 0 Å². The second kappa shape index (κ2) is 11.8. The first-order chi connectivity index (χ1) is 22.0. The van der Waals surface area contributed by atoms with Crippen molar-refractivity contribution in [1.82, 2.24) is 15.0 Å². The lowest BCUT2D eigenvalue weighted by molar-refractivity contribution is 0.00578. The molecule has 1 aliphatic rings. The molecule has 0 bridgehead atoms. The Hall–Kier alpha value is -4.13.